The Bertz CT molecular complexity index is 800. The predicted octanol–water partition coefficient (Wildman–Crippen LogP) is 3.91. The highest BCUT2D eigenvalue weighted by Gasteiger charge is 2.04. The minimum atomic E-state index is -0.286. The fourth-order valence-electron chi connectivity index (χ4n) is 2.27. The number of para-hydroxylation sites is 1. The van der Waals surface area contributed by atoms with Gasteiger partial charge in [0.15, 0.2) is 0 Å². The quantitative estimate of drug-likeness (QED) is 0.740. The number of urea groups is 1. The highest BCUT2D eigenvalue weighted by Crippen LogP contribution is 2.20. The van der Waals surface area contributed by atoms with E-state index in [0.29, 0.717) is 17.3 Å². The number of nitrogens with one attached hydrogen (secondary N) is 2. The van der Waals surface area contributed by atoms with Crippen LogP contribution in [0.2, 0.25) is 5.02 Å². The van der Waals surface area contributed by atoms with Crippen molar-refractivity contribution in [2.75, 3.05) is 5.32 Å². The van der Waals surface area contributed by atoms with Crippen LogP contribution in [0.4, 0.5) is 10.5 Å². The summed E-state index contributed by atoms with van der Waals surface area (Å²) in [4.78, 5) is 15.9. The average molecular weight is 341 g/mol. The third-order valence-corrected chi connectivity index (χ3v) is 3.85. The molecular formula is C18H17ClN4O. The third-order valence-electron chi connectivity index (χ3n) is 3.52. The molecule has 0 radical (unpaired) electrons. The zero-order valence-electron chi connectivity index (χ0n) is 12.9. The maximum absolute atomic E-state index is 11.9. The minimum absolute atomic E-state index is 0.286. The predicted molar refractivity (Wildman–Crippen MR) is 95.1 cm³/mol. The van der Waals surface area contributed by atoms with E-state index in [1.54, 1.807) is 24.7 Å². The number of nitrogens with zero attached hydrogens (tertiary/aromatic N) is 2. The van der Waals surface area contributed by atoms with Crippen molar-refractivity contribution in [3.8, 4) is 0 Å². The van der Waals surface area contributed by atoms with E-state index in [2.05, 4.69) is 15.6 Å². The van der Waals surface area contributed by atoms with Gasteiger partial charge in [0.2, 0.25) is 0 Å². The minimum Gasteiger partial charge on any atom is -0.334 e. The average Bonchev–Trinajstić information content (AvgIpc) is 3.09. The molecule has 0 fully saturated rings. The molecule has 24 heavy (non-hydrogen) atoms. The molecule has 0 bridgehead atoms. The van der Waals surface area contributed by atoms with Crippen LogP contribution < -0.4 is 10.6 Å². The monoisotopic (exact) mass is 340 g/mol. The molecule has 2 amide bonds. The van der Waals surface area contributed by atoms with Gasteiger partial charge in [-0.3, -0.25) is 0 Å². The zero-order chi connectivity index (χ0) is 16.8. The number of carbonyl (C=O) groups excluding carboxylic acids is 1. The van der Waals surface area contributed by atoms with Gasteiger partial charge in [0, 0.05) is 25.5 Å². The molecule has 0 unspecified atom stereocenters. The summed E-state index contributed by atoms with van der Waals surface area (Å²) in [5.74, 6) is 0. The van der Waals surface area contributed by atoms with E-state index in [9.17, 15) is 4.79 Å². The van der Waals surface area contributed by atoms with Crippen LogP contribution in [0.1, 0.15) is 11.1 Å². The molecule has 0 atom stereocenters. The first-order chi connectivity index (χ1) is 11.7. The summed E-state index contributed by atoms with van der Waals surface area (Å²) < 4.78 is 2.00. The molecular weight excluding hydrogens is 324 g/mol. The number of hydrogen-bond donors (Lipinski definition) is 2. The Morgan fingerprint density at radius 2 is 1.83 bits per heavy atom. The number of benzene rings is 2. The van der Waals surface area contributed by atoms with Crippen LogP contribution in [-0.2, 0) is 13.1 Å². The van der Waals surface area contributed by atoms with Crippen molar-refractivity contribution in [3.05, 3.63) is 83.4 Å². The van der Waals surface area contributed by atoms with Gasteiger partial charge in [-0.15, -0.1) is 0 Å². The van der Waals surface area contributed by atoms with Gasteiger partial charge in [-0.25, -0.2) is 9.78 Å². The van der Waals surface area contributed by atoms with E-state index in [4.69, 9.17) is 11.6 Å². The van der Waals surface area contributed by atoms with Crippen molar-refractivity contribution in [3.63, 3.8) is 0 Å². The SMILES string of the molecule is O=C(NCc1ccc(Cn2ccnc2)cc1)Nc1ccccc1Cl. The van der Waals surface area contributed by atoms with Gasteiger partial charge in [0.25, 0.3) is 0 Å². The number of amides is 2. The molecule has 0 spiro atoms. The van der Waals surface area contributed by atoms with Crippen LogP contribution in [-0.4, -0.2) is 15.6 Å². The van der Waals surface area contributed by atoms with Crippen LogP contribution >= 0.6 is 11.6 Å². The summed E-state index contributed by atoms with van der Waals surface area (Å²) in [7, 11) is 0. The second kappa shape index (κ2) is 7.66. The summed E-state index contributed by atoms with van der Waals surface area (Å²) in [6.45, 7) is 1.22. The first-order valence-corrected chi connectivity index (χ1v) is 7.91. The van der Waals surface area contributed by atoms with Crippen molar-refractivity contribution in [1.82, 2.24) is 14.9 Å². The normalized spacial score (nSPS) is 10.4. The van der Waals surface area contributed by atoms with E-state index >= 15 is 0 Å². The Balaban J connectivity index is 1.51. The molecule has 1 heterocycles. The number of aromatic nitrogens is 2. The van der Waals surface area contributed by atoms with Crippen molar-refractivity contribution in [1.29, 1.82) is 0 Å². The van der Waals surface area contributed by atoms with Crippen molar-refractivity contribution >= 4 is 23.3 Å². The molecule has 0 saturated carbocycles. The Labute approximate surface area is 145 Å². The van der Waals surface area contributed by atoms with E-state index in [0.717, 1.165) is 12.1 Å². The fraction of sp³-hybridized carbons (Fsp3) is 0.111. The molecule has 5 nitrogen and oxygen atoms in total. The Morgan fingerprint density at radius 1 is 1.08 bits per heavy atom. The van der Waals surface area contributed by atoms with Gasteiger partial charge in [-0.2, -0.15) is 0 Å². The molecule has 2 aromatic carbocycles. The number of imidazole rings is 1. The van der Waals surface area contributed by atoms with Gasteiger partial charge < -0.3 is 15.2 Å². The summed E-state index contributed by atoms with van der Waals surface area (Å²) in [5, 5.41) is 6.06. The molecule has 6 heteroatoms. The molecule has 0 aliphatic heterocycles. The number of carbonyl (C=O) groups is 1. The lowest BCUT2D eigenvalue weighted by Crippen LogP contribution is -2.28. The fourth-order valence-corrected chi connectivity index (χ4v) is 2.45. The maximum Gasteiger partial charge on any atom is 0.319 e. The van der Waals surface area contributed by atoms with E-state index in [1.807, 2.05) is 47.2 Å². The second-order valence-corrected chi connectivity index (χ2v) is 5.75. The molecule has 3 aromatic rings. The highest BCUT2D eigenvalue weighted by atomic mass is 35.5. The van der Waals surface area contributed by atoms with E-state index in [-0.39, 0.29) is 6.03 Å². The lowest BCUT2D eigenvalue weighted by molar-refractivity contribution is 0.251. The summed E-state index contributed by atoms with van der Waals surface area (Å²) in [6.07, 6.45) is 5.47. The van der Waals surface area contributed by atoms with Gasteiger partial charge in [0.1, 0.15) is 0 Å². The van der Waals surface area contributed by atoms with Crippen LogP contribution in [0.3, 0.4) is 0 Å². The van der Waals surface area contributed by atoms with E-state index in [1.165, 1.54) is 5.56 Å². The third kappa shape index (κ3) is 4.36. The molecule has 0 saturated heterocycles. The van der Waals surface area contributed by atoms with Crippen LogP contribution in [0.5, 0.6) is 0 Å². The molecule has 122 valence electrons. The lowest BCUT2D eigenvalue weighted by Gasteiger charge is -2.09. The first-order valence-electron chi connectivity index (χ1n) is 7.53. The molecule has 3 rings (SSSR count). The molecule has 0 aliphatic rings. The Hall–Kier alpha value is -2.79. The van der Waals surface area contributed by atoms with Crippen molar-refractivity contribution in [2.45, 2.75) is 13.1 Å². The number of halogens is 1. The molecule has 1 aromatic heterocycles. The number of rotatable bonds is 5. The van der Waals surface area contributed by atoms with Crippen LogP contribution in [0, 0.1) is 0 Å². The summed E-state index contributed by atoms with van der Waals surface area (Å²) in [6, 6.07) is 14.9. The first kappa shape index (κ1) is 16.1. The van der Waals surface area contributed by atoms with Crippen molar-refractivity contribution in [2.24, 2.45) is 0 Å². The maximum atomic E-state index is 11.9. The van der Waals surface area contributed by atoms with Gasteiger partial charge in [0.05, 0.1) is 17.0 Å². The van der Waals surface area contributed by atoms with Gasteiger partial charge in [-0.05, 0) is 23.3 Å². The number of hydrogen-bond acceptors (Lipinski definition) is 2. The molecule has 0 aliphatic carbocycles. The van der Waals surface area contributed by atoms with Gasteiger partial charge >= 0.3 is 6.03 Å². The molecule has 2 N–H and O–H groups in total. The zero-order valence-corrected chi connectivity index (χ0v) is 13.7. The standard InChI is InChI=1S/C18H17ClN4O/c19-16-3-1-2-4-17(16)22-18(24)21-11-14-5-7-15(8-6-14)12-23-10-9-20-13-23/h1-10,13H,11-12H2,(H2,21,22,24). The number of anilines is 1. The Morgan fingerprint density at radius 3 is 2.54 bits per heavy atom. The van der Waals surface area contributed by atoms with Crippen LogP contribution in [0.25, 0.3) is 0 Å². The summed E-state index contributed by atoms with van der Waals surface area (Å²) >= 11 is 6.01. The van der Waals surface area contributed by atoms with Crippen LogP contribution in [0.15, 0.2) is 67.3 Å². The summed E-state index contributed by atoms with van der Waals surface area (Å²) in [5.41, 5.74) is 2.79. The largest absolute Gasteiger partial charge is 0.334 e. The Kier molecular flexibility index (Phi) is 5.13. The van der Waals surface area contributed by atoms with E-state index < -0.39 is 0 Å². The second-order valence-electron chi connectivity index (χ2n) is 5.34. The topological polar surface area (TPSA) is 59.0 Å². The smallest absolute Gasteiger partial charge is 0.319 e. The van der Waals surface area contributed by atoms with Gasteiger partial charge in [-0.1, -0.05) is 48.0 Å². The highest BCUT2D eigenvalue weighted by molar-refractivity contribution is 6.33. The van der Waals surface area contributed by atoms with Crippen molar-refractivity contribution < 1.29 is 4.79 Å². The lowest BCUT2D eigenvalue weighted by atomic mass is 10.1.